The van der Waals surface area contributed by atoms with E-state index in [0.717, 1.165) is 11.3 Å². The van der Waals surface area contributed by atoms with Crippen molar-refractivity contribution in [3.63, 3.8) is 0 Å². The summed E-state index contributed by atoms with van der Waals surface area (Å²) in [5.41, 5.74) is 1.81. The van der Waals surface area contributed by atoms with E-state index < -0.39 is 0 Å². The second-order valence-corrected chi connectivity index (χ2v) is 6.01. The van der Waals surface area contributed by atoms with Crippen molar-refractivity contribution in [2.45, 2.75) is 13.8 Å². The fourth-order valence-electron chi connectivity index (χ4n) is 2.20. The number of hydrogen-bond donors (Lipinski definition) is 1. The molecule has 1 aromatic heterocycles. The summed E-state index contributed by atoms with van der Waals surface area (Å²) < 4.78 is 10.4. The molecule has 0 aliphatic rings. The Kier molecular flexibility index (Phi) is 5.09. The molecule has 25 heavy (non-hydrogen) atoms. The number of carbonyl (C=O) groups is 1. The number of hydrogen-bond acceptors (Lipinski definition) is 5. The largest absolute Gasteiger partial charge is 0.493 e. The van der Waals surface area contributed by atoms with Crippen molar-refractivity contribution in [3.05, 3.63) is 60.2 Å². The van der Waals surface area contributed by atoms with Gasteiger partial charge in [0.25, 0.3) is 5.91 Å². The fourth-order valence-corrected chi connectivity index (χ4v) is 2.20. The van der Waals surface area contributed by atoms with Gasteiger partial charge >= 0.3 is 0 Å². The maximum absolute atomic E-state index is 12.4. The molecule has 1 N–H and O–H groups in total. The van der Waals surface area contributed by atoms with E-state index in [9.17, 15) is 4.79 Å². The van der Waals surface area contributed by atoms with Crippen LogP contribution >= 0.6 is 0 Å². The van der Waals surface area contributed by atoms with Crippen molar-refractivity contribution >= 4 is 11.7 Å². The molecule has 3 aromatic rings. The lowest BCUT2D eigenvalue weighted by atomic mass is 10.1. The lowest BCUT2D eigenvalue weighted by Gasteiger charge is -2.09. The van der Waals surface area contributed by atoms with E-state index in [4.69, 9.17) is 9.37 Å². The Hall–Kier alpha value is -3.15. The molecule has 0 unspecified atom stereocenters. The highest BCUT2D eigenvalue weighted by molar-refractivity contribution is 6.05. The van der Waals surface area contributed by atoms with Crippen LogP contribution in [0.2, 0.25) is 0 Å². The number of benzene rings is 2. The summed E-state index contributed by atoms with van der Waals surface area (Å²) in [6.45, 7) is 4.80. The monoisotopic (exact) mass is 337 g/mol. The first-order valence-electron chi connectivity index (χ1n) is 8.05. The maximum atomic E-state index is 12.4. The van der Waals surface area contributed by atoms with E-state index in [1.807, 2.05) is 30.3 Å². The minimum Gasteiger partial charge on any atom is -0.493 e. The molecule has 2 aromatic carbocycles. The third-order valence-electron chi connectivity index (χ3n) is 3.47. The van der Waals surface area contributed by atoms with Gasteiger partial charge in [0.1, 0.15) is 5.75 Å². The summed E-state index contributed by atoms with van der Waals surface area (Å²) in [5, 5.41) is 10.4. The smallest absolute Gasteiger partial charge is 0.256 e. The Labute approximate surface area is 145 Å². The topological polar surface area (TPSA) is 77.2 Å². The van der Waals surface area contributed by atoms with E-state index >= 15 is 0 Å². The average Bonchev–Trinajstić information content (AvgIpc) is 3.09. The third kappa shape index (κ3) is 4.23. The molecule has 0 saturated carbocycles. The molecule has 3 rings (SSSR count). The zero-order valence-corrected chi connectivity index (χ0v) is 14.1. The van der Waals surface area contributed by atoms with Gasteiger partial charge in [-0.15, -0.1) is 0 Å². The highest BCUT2D eigenvalue weighted by Gasteiger charge is 2.16. The summed E-state index contributed by atoms with van der Waals surface area (Å²) in [5.74, 6) is 1.18. The standard InChI is InChI=1S/C19H19N3O3/c1-13(2)12-24-16-10-8-15(9-11-16)19(23)20-18-17(21-25-22-18)14-6-4-3-5-7-14/h3-11,13H,12H2,1-2H3,(H,20,22,23). The second kappa shape index (κ2) is 7.61. The zero-order chi connectivity index (χ0) is 17.6. The van der Waals surface area contributed by atoms with Crippen LogP contribution in [0.5, 0.6) is 5.75 Å². The van der Waals surface area contributed by atoms with Crippen LogP contribution in [0.1, 0.15) is 24.2 Å². The third-order valence-corrected chi connectivity index (χ3v) is 3.47. The zero-order valence-electron chi connectivity index (χ0n) is 14.1. The molecule has 128 valence electrons. The molecule has 0 spiro atoms. The van der Waals surface area contributed by atoms with E-state index in [-0.39, 0.29) is 11.7 Å². The van der Waals surface area contributed by atoms with E-state index in [1.54, 1.807) is 24.3 Å². The average molecular weight is 337 g/mol. The van der Waals surface area contributed by atoms with Crippen LogP contribution in [-0.4, -0.2) is 22.8 Å². The van der Waals surface area contributed by atoms with Gasteiger partial charge in [-0.25, -0.2) is 4.63 Å². The van der Waals surface area contributed by atoms with Gasteiger partial charge in [-0.1, -0.05) is 44.2 Å². The van der Waals surface area contributed by atoms with Crippen molar-refractivity contribution in [2.75, 3.05) is 11.9 Å². The molecule has 0 atom stereocenters. The Bertz CT molecular complexity index is 827. The van der Waals surface area contributed by atoms with Crippen molar-refractivity contribution < 1.29 is 14.2 Å². The molecule has 0 aliphatic heterocycles. The van der Waals surface area contributed by atoms with E-state index in [2.05, 4.69) is 29.5 Å². The van der Waals surface area contributed by atoms with Gasteiger partial charge in [-0.3, -0.25) is 4.79 Å². The van der Waals surface area contributed by atoms with Crippen molar-refractivity contribution in [2.24, 2.45) is 5.92 Å². The van der Waals surface area contributed by atoms with Crippen LogP contribution in [0.4, 0.5) is 5.82 Å². The molecule has 0 saturated heterocycles. The van der Waals surface area contributed by atoms with E-state index in [0.29, 0.717) is 23.8 Å². The maximum Gasteiger partial charge on any atom is 0.256 e. The van der Waals surface area contributed by atoms with Crippen LogP contribution in [-0.2, 0) is 0 Å². The summed E-state index contributed by atoms with van der Waals surface area (Å²) in [6.07, 6.45) is 0. The first-order chi connectivity index (χ1) is 12.1. The van der Waals surface area contributed by atoms with Gasteiger partial charge in [0.2, 0.25) is 5.82 Å². The number of nitrogens with zero attached hydrogens (tertiary/aromatic N) is 2. The predicted molar refractivity (Wildman–Crippen MR) is 94.5 cm³/mol. The lowest BCUT2D eigenvalue weighted by Crippen LogP contribution is -2.13. The number of nitrogens with one attached hydrogen (secondary N) is 1. The van der Waals surface area contributed by atoms with E-state index in [1.165, 1.54) is 0 Å². The molecule has 0 radical (unpaired) electrons. The minimum absolute atomic E-state index is 0.288. The SMILES string of the molecule is CC(C)COc1ccc(C(=O)Nc2nonc2-c2ccccc2)cc1. The van der Waals surface area contributed by atoms with Crippen LogP contribution in [0.25, 0.3) is 11.3 Å². The number of ether oxygens (including phenoxy) is 1. The Morgan fingerprint density at radius 2 is 1.80 bits per heavy atom. The summed E-state index contributed by atoms with van der Waals surface area (Å²) in [6, 6.07) is 16.4. The summed E-state index contributed by atoms with van der Waals surface area (Å²) in [7, 11) is 0. The number of rotatable bonds is 6. The van der Waals surface area contributed by atoms with Crippen molar-refractivity contribution in [1.82, 2.24) is 10.3 Å². The number of carbonyl (C=O) groups excluding carboxylic acids is 1. The molecule has 6 nitrogen and oxygen atoms in total. The quantitative estimate of drug-likeness (QED) is 0.735. The van der Waals surface area contributed by atoms with Crippen LogP contribution < -0.4 is 10.1 Å². The molecule has 0 aliphatic carbocycles. The molecule has 1 heterocycles. The Morgan fingerprint density at radius 1 is 1.08 bits per heavy atom. The first kappa shape index (κ1) is 16.7. The molecular weight excluding hydrogens is 318 g/mol. The van der Waals surface area contributed by atoms with Crippen LogP contribution in [0.15, 0.2) is 59.2 Å². The van der Waals surface area contributed by atoms with Crippen molar-refractivity contribution in [1.29, 1.82) is 0 Å². The molecular formula is C19H19N3O3. The van der Waals surface area contributed by atoms with Gasteiger partial charge in [-0.2, -0.15) is 0 Å². The summed E-state index contributed by atoms with van der Waals surface area (Å²) >= 11 is 0. The highest BCUT2D eigenvalue weighted by Crippen LogP contribution is 2.24. The van der Waals surface area contributed by atoms with Gasteiger partial charge in [-0.05, 0) is 40.5 Å². The predicted octanol–water partition coefficient (Wildman–Crippen LogP) is 4.02. The number of anilines is 1. The van der Waals surface area contributed by atoms with Gasteiger partial charge < -0.3 is 10.1 Å². The molecule has 1 amide bonds. The second-order valence-electron chi connectivity index (χ2n) is 6.01. The normalized spacial score (nSPS) is 10.7. The highest BCUT2D eigenvalue weighted by atomic mass is 16.6. The lowest BCUT2D eigenvalue weighted by molar-refractivity contribution is 0.102. The summed E-state index contributed by atoms with van der Waals surface area (Å²) in [4.78, 5) is 12.4. The first-order valence-corrected chi connectivity index (χ1v) is 8.05. The van der Waals surface area contributed by atoms with Gasteiger partial charge in [0, 0.05) is 11.1 Å². The minimum atomic E-state index is -0.289. The Morgan fingerprint density at radius 3 is 2.48 bits per heavy atom. The van der Waals surface area contributed by atoms with Gasteiger partial charge in [0.15, 0.2) is 5.69 Å². The number of aromatic nitrogens is 2. The molecule has 0 bridgehead atoms. The van der Waals surface area contributed by atoms with Crippen molar-refractivity contribution in [3.8, 4) is 17.0 Å². The molecule has 6 heteroatoms. The molecule has 0 fully saturated rings. The van der Waals surface area contributed by atoms with Gasteiger partial charge in [0.05, 0.1) is 6.61 Å². The Balaban J connectivity index is 1.70. The fraction of sp³-hybridized carbons (Fsp3) is 0.211. The van der Waals surface area contributed by atoms with Crippen LogP contribution in [0.3, 0.4) is 0 Å². The van der Waals surface area contributed by atoms with Crippen LogP contribution in [0, 0.1) is 5.92 Å². The number of amides is 1.